The molecule has 0 N–H and O–H groups in total. The second-order valence-electron chi connectivity index (χ2n) is 7.38. The maximum atomic E-state index is 9.12. The van der Waals surface area contributed by atoms with Crippen LogP contribution in [0.5, 0.6) is 11.5 Å². The number of hydrogen-bond acceptors (Lipinski definition) is 4. The molecule has 0 bridgehead atoms. The summed E-state index contributed by atoms with van der Waals surface area (Å²) in [5.74, 6) is 2.05. The SMILES string of the molecule is CCOc1cc2c(cc1OCC)[C@H]1CCCC[C@H]1N=C2c1ccc(C#N)cc1. The Bertz CT molecular complexity index is 925. The Kier molecular flexibility index (Phi) is 5.34. The van der Waals surface area contributed by atoms with E-state index in [1.165, 1.54) is 24.8 Å². The van der Waals surface area contributed by atoms with Crippen molar-refractivity contribution >= 4 is 5.71 Å². The molecule has 0 amide bonds. The zero-order valence-corrected chi connectivity index (χ0v) is 16.6. The van der Waals surface area contributed by atoms with E-state index in [0.717, 1.165) is 34.8 Å². The van der Waals surface area contributed by atoms with Crippen LogP contribution in [-0.4, -0.2) is 25.0 Å². The summed E-state index contributed by atoms with van der Waals surface area (Å²) in [5.41, 5.74) is 5.19. The molecule has 4 rings (SSSR count). The number of rotatable bonds is 5. The normalized spacial score (nSPS) is 20.4. The molecule has 0 unspecified atom stereocenters. The second-order valence-corrected chi connectivity index (χ2v) is 7.38. The van der Waals surface area contributed by atoms with E-state index in [1.807, 2.05) is 38.1 Å². The van der Waals surface area contributed by atoms with Crippen LogP contribution in [0.1, 0.15) is 67.7 Å². The van der Waals surface area contributed by atoms with Gasteiger partial charge in [-0.15, -0.1) is 0 Å². The Hall–Kier alpha value is -2.80. The maximum absolute atomic E-state index is 9.12. The van der Waals surface area contributed by atoms with Crippen LogP contribution in [-0.2, 0) is 0 Å². The number of ether oxygens (including phenoxy) is 2. The van der Waals surface area contributed by atoms with Gasteiger partial charge >= 0.3 is 0 Å². The number of nitriles is 1. The highest BCUT2D eigenvalue weighted by Crippen LogP contribution is 2.44. The van der Waals surface area contributed by atoms with Gasteiger partial charge in [-0.05, 0) is 56.5 Å². The zero-order chi connectivity index (χ0) is 19.5. The van der Waals surface area contributed by atoms with Crippen LogP contribution in [0.3, 0.4) is 0 Å². The Morgan fingerprint density at radius 1 is 1.00 bits per heavy atom. The minimum atomic E-state index is 0.319. The largest absolute Gasteiger partial charge is 0.490 e. The number of hydrogen-bond donors (Lipinski definition) is 0. The van der Waals surface area contributed by atoms with Crippen LogP contribution in [0.15, 0.2) is 41.4 Å². The summed E-state index contributed by atoms with van der Waals surface area (Å²) in [7, 11) is 0. The molecule has 2 atom stereocenters. The highest BCUT2D eigenvalue weighted by atomic mass is 16.5. The Balaban J connectivity index is 1.86. The van der Waals surface area contributed by atoms with E-state index in [1.54, 1.807) is 0 Å². The van der Waals surface area contributed by atoms with Crippen LogP contribution in [0.4, 0.5) is 0 Å². The van der Waals surface area contributed by atoms with Gasteiger partial charge in [0, 0.05) is 17.0 Å². The molecule has 1 aliphatic carbocycles. The standard InChI is InChI=1S/C24H26N2O2/c1-3-27-22-13-19-18-7-5-6-8-21(18)26-24(20(19)14-23(22)28-4-2)17-11-9-16(15-25)10-12-17/h9-14,18,21H,3-8H2,1-2H3/t18-,21-/m1/s1. The lowest BCUT2D eigenvalue weighted by atomic mass is 9.75. The first-order chi connectivity index (χ1) is 13.7. The Morgan fingerprint density at radius 3 is 2.36 bits per heavy atom. The lowest BCUT2D eigenvalue weighted by Gasteiger charge is -2.36. The third-order valence-corrected chi connectivity index (χ3v) is 5.68. The summed E-state index contributed by atoms with van der Waals surface area (Å²) < 4.78 is 11.8. The van der Waals surface area contributed by atoms with Crippen molar-refractivity contribution in [2.45, 2.75) is 51.5 Å². The molecule has 1 heterocycles. The molecule has 0 spiro atoms. The average Bonchev–Trinajstić information content (AvgIpc) is 2.74. The second kappa shape index (κ2) is 8.06. The fourth-order valence-electron chi connectivity index (χ4n) is 4.42. The van der Waals surface area contributed by atoms with Gasteiger partial charge in [0.05, 0.1) is 36.6 Å². The molecule has 2 aromatic rings. The fourth-order valence-corrected chi connectivity index (χ4v) is 4.42. The lowest BCUT2D eigenvalue weighted by molar-refractivity contribution is 0.286. The molecule has 4 nitrogen and oxygen atoms in total. The van der Waals surface area contributed by atoms with Gasteiger partial charge in [-0.3, -0.25) is 4.99 Å². The number of nitrogens with zero attached hydrogens (tertiary/aromatic N) is 2. The topological polar surface area (TPSA) is 54.6 Å². The molecular weight excluding hydrogens is 348 g/mol. The van der Waals surface area contributed by atoms with Crippen LogP contribution < -0.4 is 9.47 Å². The molecule has 28 heavy (non-hydrogen) atoms. The molecule has 0 saturated heterocycles. The highest BCUT2D eigenvalue weighted by Gasteiger charge is 2.34. The first-order valence-electron chi connectivity index (χ1n) is 10.3. The van der Waals surface area contributed by atoms with Gasteiger partial charge in [-0.25, -0.2) is 0 Å². The number of fused-ring (bicyclic) bond motifs is 3. The van der Waals surface area contributed by atoms with Crippen molar-refractivity contribution < 1.29 is 9.47 Å². The van der Waals surface area contributed by atoms with Crippen molar-refractivity contribution in [2.24, 2.45) is 4.99 Å². The highest BCUT2D eigenvalue weighted by molar-refractivity contribution is 6.15. The predicted molar refractivity (Wildman–Crippen MR) is 111 cm³/mol. The van der Waals surface area contributed by atoms with Crippen molar-refractivity contribution in [3.8, 4) is 17.6 Å². The van der Waals surface area contributed by atoms with Crippen molar-refractivity contribution in [3.05, 3.63) is 58.7 Å². The van der Waals surface area contributed by atoms with Gasteiger partial charge in [-0.1, -0.05) is 25.0 Å². The third-order valence-electron chi connectivity index (χ3n) is 5.68. The van der Waals surface area contributed by atoms with Crippen LogP contribution >= 0.6 is 0 Å². The smallest absolute Gasteiger partial charge is 0.161 e. The Labute approximate surface area is 166 Å². The van der Waals surface area contributed by atoms with Crippen LogP contribution in [0.25, 0.3) is 0 Å². The van der Waals surface area contributed by atoms with Crippen molar-refractivity contribution in [3.63, 3.8) is 0 Å². The van der Waals surface area contributed by atoms with E-state index in [-0.39, 0.29) is 0 Å². The van der Waals surface area contributed by atoms with Crippen molar-refractivity contribution in [1.29, 1.82) is 5.26 Å². The molecule has 4 heteroatoms. The summed E-state index contributed by atoms with van der Waals surface area (Å²) in [6, 6.07) is 14.5. The van der Waals surface area contributed by atoms with E-state index < -0.39 is 0 Å². The lowest BCUT2D eigenvalue weighted by Crippen LogP contribution is -2.29. The molecule has 2 aromatic carbocycles. The summed E-state index contributed by atoms with van der Waals surface area (Å²) in [5, 5.41) is 9.12. The monoisotopic (exact) mass is 374 g/mol. The van der Waals surface area contributed by atoms with Crippen LogP contribution in [0, 0.1) is 11.3 Å². The molecule has 0 radical (unpaired) electrons. The predicted octanol–water partition coefficient (Wildman–Crippen LogP) is 5.23. The van der Waals surface area contributed by atoms with Crippen molar-refractivity contribution in [1.82, 2.24) is 0 Å². The average molecular weight is 374 g/mol. The van der Waals surface area contributed by atoms with E-state index in [2.05, 4.69) is 18.2 Å². The van der Waals surface area contributed by atoms with Gasteiger partial charge < -0.3 is 9.47 Å². The number of aliphatic imine (C=N–C) groups is 1. The molecule has 2 aliphatic rings. The van der Waals surface area contributed by atoms with E-state index >= 15 is 0 Å². The molecule has 144 valence electrons. The van der Waals surface area contributed by atoms with Gasteiger partial charge in [0.15, 0.2) is 11.5 Å². The zero-order valence-electron chi connectivity index (χ0n) is 16.6. The molecular formula is C24H26N2O2. The third kappa shape index (κ3) is 3.38. The molecule has 0 aromatic heterocycles. The minimum Gasteiger partial charge on any atom is -0.490 e. The summed E-state index contributed by atoms with van der Waals surface area (Å²) >= 11 is 0. The summed E-state index contributed by atoms with van der Waals surface area (Å²) in [6.45, 7) is 5.20. The van der Waals surface area contributed by atoms with Gasteiger partial charge in [0.2, 0.25) is 0 Å². The van der Waals surface area contributed by atoms with Gasteiger partial charge in [0.1, 0.15) is 0 Å². The minimum absolute atomic E-state index is 0.319. The Morgan fingerprint density at radius 2 is 1.68 bits per heavy atom. The van der Waals surface area contributed by atoms with Crippen LogP contribution in [0.2, 0.25) is 0 Å². The van der Waals surface area contributed by atoms with E-state index in [4.69, 9.17) is 19.7 Å². The molecule has 1 fully saturated rings. The fraction of sp³-hybridized carbons (Fsp3) is 0.417. The summed E-state index contributed by atoms with van der Waals surface area (Å²) in [6.07, 6.45) is 4.78. The van der Waals surface area contributed by atoms with E-state index in [9.17, 15) is 0 Å². The maximum Gasteiger partial charge on any atom is 0.161 e. The first-order valence-corrected chi connectivity index (χ1v) is 10.3. The molecule has 1 saturated carbocycles. The van der Waals surface area contributed by atoms with Gasteiger partial charge in [-0.2, -0.15) is 5.26 Å². The number of benzene rings is 2. The summed E-state index contributed by atoms with van der Waals surface area (Å²) in [4.78, 5) is 5.19. The first kappa shape index (κ1) is 18.6. The quantitative estimate of drug-likeness (QED) is 0.720. The van der Waals surface area contributed by atoms with Gasteiger partial charge in [0.25, 0.3) is 0 Å². The molecule has 1 aliphatic heterocycles. The van der Waals surface area contributed by atoms with E-state index in [0.29, 0.717) is 30.7 Å². The van der Waals surface area contributed by atoms with Crippen molar-refractivity contribution in [2.75, 3.05) is 13.2 Å².